The lowest BCUT2D eigenvalue weighted by molar-refractivity contribution is -0.130. The number of carbonyl (C=O) groups excluding carboxylic acids is 2. The van der Waals surface area contributed by atoms with Gasteiger partial charge in [0.05, 0.1) is 19.8 Å². The van der Waals surface area contributed by atoms with E-state index in [0.29, 0.717) is 12.4 Å². The lowest BCUT2D eigenvalue weighted by Gasteiger charge is -2.30. The summed E-state index contributed by atoms with van der Waals surface area (Å²) in [5, 5.41) is 33.2. The fourth-order valence-corrected chi connectivity index (χ4v) is 3.52. The molecule has 2 aromatic carbocycles. The zero-order valence-electron chi connectivity index (χ0n) is 17.3. The third kappa shape index (κ3) is 7.87. The second kappa shape index (κ2) is 12.3. The molecule has 0 aromatic heterocycles. The summed E-state index contributed by atoms with van der Waals surface area (Å²) in [5.41, 5.74) is -0.495. The summed E-state index contributed by atoms with van der Waals surface area (Å²) in [4.78, 5) is 25.0. The number of nitrogens with one attached hydrogen (secondary N) is 2. The Labute approximate surface area is 185 Å². The normalized spacial score (nSPS) is 12.1. The van der Waals surface area contributed by atoms with Crippen LogP contribution < -0.4 is 15.4 Å². The molecule has 2 amide bonds. The Hall–Kier alpha value is -2.59. The fourth-order valence-electron chi connectivity index (χ4n) is 2.60. The molecular formula is C22H28N2O6S. The molecule has 0 spiro atoms. The average Bonchev–Trinajstić information content (AvgIpc) is 2.80. The van der Waals surface area contributed by atoms with Crippen LogP contribution in [0.3, 0.4) is 0 Å². The minimum atomic E-state index is -1.56. The maximum atomic E-state index is 12.6. The van der Waals surface area contributed by atoms with E-state index >= 15 is 0 Å². The van der Waals surface area contributed by atoms with Gasteiger partial charge in [0.2, 0.25) is 11.8 Å². The van der Waals surface area contributed by atoms with Crippen molar-refractivity contribution in [1.29, 1.82) is 0 Å². The molecule has 2 aromatic rings. The van der Waals surface area contributed by atoms with Gasteiger partial charge in [0.15, 0.2) is 0 Å². The Morgan fingerprint density at radius 3 is 2.16 bits per heavy atom. The SMILES string of the molecule is CC(=O)NC(CSc1ccc(OCc2ccccc2)cc1)C(=O)NC(CO)(CO)CO. The molecule has 0 bridgehead atoms. The van der Waals surface area contributed by atoms with Crippen LogP contribution in [0.4, 0.5) is 0 Å². The van der Waals surface area contributed by atoms with Gasteiger partial charge in [-0.2, -0.15) is 0 Å². The van der Waals surface area contributed by atoms with E-state index in [-0.39, 0.29) is 5.75 Å². The number of benzene rings is 2. The largest absolute Gasteiger partial charge is 0.489 e. The van der Waals surface area contributed by atoms with Gasteiger partial charge < -0.3 is 30.7 Å². The predicted molar refractivity (Wildman–Crippen MR) is 118 cm³/mol. The molecule has 31 heavy (non-hydrogen) atoms. The summed E-state index contributed by atoms with van der Waals surface area (Å²) in [6.45, 7) is -0.177. The van der Waals surface area contributed by atoms with Crippen molar-refractivity contribution >= 4 is 23.6 Å². The molecule has 0 fully saturated rings. The number of hydrogen-bond donors (Lipinski definition) is 5. The quantitative estimate of drug-likeness (QED) is 0.302. The summed E-state index contributed by atoms with van der Waals surface area (Å²) in [6, 6.07) is 16.3. The van der Waals surface area contributed by atoms with Crippen LogP contribution in [0.1, 0.15) is 12.5 Å². The number of hydrogen-bond acceptors (Lipinski definition) is 7. The van der Waals surface area contributed by atoms with Gasteiger partial charge >= 0.3 is 0 Å². The molecule has 0 aliphatic carbocycles. The van der Waals surface area contributed by atoms with Crippen LogP contribution in [0.25, 0.3) is 0 Å². The van der Waals surface area contributed by atoms with Crippen molar-refractivity contribution in [1.82, 2.24) is 10.6 Å². The number of rotatable bonds is 12. The summed E-state index contributed by atoms with van der Waals surface area (Å²) in [5.74, 6) is -0.0767. The molecule has 1 atom stereocenters. The summed E-state index contributed by atoms with van der Waals surface area (Å²) in [7, 11) is 0. The molecule has 0 saturated carbocycles. The smallest absolute Gasteiger partial charge is 0.244 e. The minimum absolute atomic E-state index is 0.216. The zero-order valence-corrected chi connectivity index (χ0v) is 18.1. The maximum absolute atomic E-state index is 12.6. The van der Waals surface area contributed by atoms with Crippen LogP contribution in [0.2, 0.25) is 0 Å². The lowest BCUT2D eigenvalue weighted by atomic mass is 10.0. The summed E-state index contributed by atoms with van der Waals surface area (Å²) >= 11 is 1.35. The molecule has 0 saturated heterocycles. The van der Waals surface area contributed by atoms with Gasteiger partial charge in [0.1, 0.15) is 23.9 Å². The topological polar surface area (TPSA) is 128 Å². The number of thioether (sulfide) groups is 1. The van der Waals surface area contributed by atoms with E-state index in [1.165, 1.54) is 18.7 Å². The zero-order chi connectivity index (χ0) is 22.7. The molecule has 0 heterocycles. The van der Waals surface area contributed by atoms with Gasteiger partial charge in [-0.25, -0.2) is 0 Å². The Balaban J connectivity index is 1.94. The predicted octanol–water partition coefficient (Wildman–Crippen LogP) is 0.694. The van der Waals surface area contributed by atoms with Crippen molar-refractivity contribution in [2.75, 3.05) is 25.6 Å². The van der Waals surface area contributed by atoms with Crippen LogP contribution in [0.15, 0.2) is 59.5 Å². The molecule has 0 radical (unpaired) electrons. The van der Waals surface area contributed by atoms with Crippen molar-refractivity contribution in [3.8, 4) is 5.75 Å². The summed E-state index contributed by atoms with van der Waals surface area (Å²) in [6.07, 6.45) is 0. The second-order valence-electron chi connectivity index (χ2n) is 7.05. The minimum Gasteiger partial charge on any atom is -0.489 e. The molecule has 168 valence electrons. The molecule has 1 unspecified atom stereocenters. The molecule has 5 N–H and O–H groups in total. The molecule has 0 aliphatic rings. The van der Waals surface area contributed by atoms with Crippen molar-refractivity contribution in [3.05, 3.63) is 60.2 Å². The van der Waals surface area contributed by atoms with Crippen molar-refractivity contribution in [2.45, 2.75) is 30.0 Å². The molecule has 8 nitrogen and oxygen atoms in total. The Morgan fingerprint density at radius 2 is 1.61 bits per heavy atom. The van der Waals surface area contributed by atoms with E-state index in [0.717, 1.165) is 10.5 Å². The van der Waals surface area contributed by atoms with Crippen LogP contribution in [0, 0.1) is 0 Å². The Bertz CT molecular complexity index is 819. The first kappa shape index (κ1) is 24.7. The first-order chi connectivity index (χ1) is 14.9. The molecule has 2 rings (SSSR count). The number of aliphatic hydroxyl groups excluding tert-OH is 3. The summed E-state index contributed by atoms with van der Waals surface area (Å²) < 4.78 is 5.75. The van der Waals surface area contributed by atoms with Crippen LogP contribution in [0.5, 0.6) is 5.75 Å². The third-order valence-electron chi connectivity index (χ3n) is 4.48. The standard InChI is InChI=1S/C22H28N2O6S/c1-16(28)23-20(21(29)24-22(13-25,14-26)15-27)12-31-19-9-7-18(8-10-19)30-11-17-5-3-2-4-6-17/h2-10,20,25-27H,11-15H2,1H3,(H,23,28)(H,24,29). The first-order valence-corrected chi connectivity index (χ1v) is 10.7. The Kier molecular flexibility index (Phi) is 9.80. The van der Waals surface area contributed by atoms with Gasteiger partial charge in [-0.05, 0) is 29.8 Å². The number of amides is 2. The average molecular weight is 449 g/mol. The van der Waals surface area contributed by atoms with Gasteiger partial charge in [-0.3, -0.25) is 9.59 Å². The molecule has 9 heteroatoms. The molecule has 0 aliphatic heterocycles. The molecular weight excluding hydrogens is 420 g/mol. The highest BCUT2D eigenvalue weighted by Crippen LogP contribution is 2.23. The van der Waals surface area contributed by atoms with Crippen LogP contribution in [-0.2, 0) is 16.2 Å². The van der Waals surface area contributed by atoms with Gasteiger partial charge in [0, 0.05) is 17.6 Å². The number of aliphatic hydroxyl groups is 3. The monoisotopic (exact) mass is 448 g/mol. The Morgan fingerprint density at radius 1 is 1.00 bits per heavy atom. The van der Waals surface area contributed by atoms with E-state index in [9.17, 15) is 24.9 Å². The second-order valence-corrected chi connectivity index (χ2v) is 8.15. The van der Waals surface area contributed by atoms with Crippen molar-refractivity contribution in [2.24, 2.45) is 0 Å². The number of carbonyl (C=O) groups is 2. The van der Waals surface area contributed by atoms with E-state index in [4.69, 9.17) is 4.74 Å². The van der Waals surface area contributed by atoms with E-state index in [1.54, 1.807) is 0 Å². The van der Waals surface area contributed by atoms with Gasteiger partial charge in [-0.15, -0.1) is 11.8 Å². The van der Waals surface area contributed by atoms with Crippen molar-refractivity contribution in [3.63, 3.8) is 0 Å². The van der Waals surface area contributed by atoms with Gasteiger partial charge in [0.25, 0.3) is 0 Å². The first-order valence-electron chi connectivity index (χ1n) is 9.72. The number of ether oxygens (including phenoxy) is 1. The lowest BCUT2D eigenvalue weighted by Crippen LogP contribution is -2.61. The highest BCUT2D eigenvalue weighted by atomic mass is 32.2. The van der Waals surface area contributed by atoms with E-state index < -0.39 is 43.2 Å². The fraction of sp³-hybridized carbons (Fsp3) is 0.364. The highest BCUT2D eigenvalue weighted by molar-refractivity contribution is 7.99. The van der Waals surface area contributed by atoms with E-state index in [1.807, 2.05) is 54.6 Å². The van der Waals surface area contributed by atoms with Crippen LogP contribution >= 0.6 is 11.8 Å². The van der Waals surface area contributed by atoms with Crippen LogP contribution in [-0.4, -0.2) is 64.3 Å². The highest BCUT2D eigenvalue weighted by Gasteiger charge is 2.33. The van der Waals surface area contributed by atoms with Gasteiger partial charge in [-0.1, -0.05) is 30.3 Å². The maximum Gasteiger partial charge on any atom is 0.244 e. The van der Waals surface area contributed by atoms with Crippen molar-refractivity contribution < 1.29 is 29.6 Å². The van der Waals surface area contributed by atoms with E-state index in [2.05, 4.69) is 10.6 Å². The third-order valence-corrected chi connectivity index (χ3v) is 5.58.